The lowest BCUT2D eigenvalue weighted by Crippen LogP contribution is -2.04. The van der Waals surface area contributed by atoms with E-state index in [1.54, 1.807) is 22.9 Å². The number of hydrogen-bond donors (Lipinski definition) is 0. The molecule has 7 heteroatoms. The van der Waals surface area contributed by atoms with Crippen molar-refractivity contribution in [1.82, 2.24) is 9.55 Å². The van der Waals surface area contributed by atoms with Gasteiger partial charge in [0.15, 0.2) is 12.1 Å². The van der Waals surface area contributed by atoms with Gasteiger partial charge in [0.1, 0.15) is 4.47 Å². The molecule has 0 aliphatic rings. The Morgan fingerprint density at radius 2 is 2.28 bits per heavy atom. The van der Waals surface area contributed by atoms with E-state index in [1.165, 1.54) is 12.3 Å². The number of aldehydes is 1. The Morgan fingerprint density at radius 1 is 1.50 bits per heavy atom. The number of benzene rings is 1. The van der Waals surface area contributed by atoms with E-state index in [9.17, 15) is 14.9 Å². The molecule has 0 spiro atoms. The lowest BCUT2D eigenvalue weighted by molar-refractivity contribution is -0.385. The number of nitrogens with zero attached hydrogens (tertiary/aromatic N) is 3. The molecule has 0 saturated carbocycles. The molecule has 6 nitrogen and oxygen atoms in total. The highest BCUT2D eigenvalue weighted by atomic mass is 79.9. The van der Waals surface area contributed by atoms with E-state index in [0.29, 0.717) is 22.9 Å². The third kappa shape index (κ3) is 2.30. The fourth-order valence-electron chi connectivity index (χ4n) is 1.59. The zero-order valence-corrected chi connectivity index (χ0v) is 10.7. The molecular weight excluding hydrogens is 302 g/mol. The van der Waals surface area contributed by atoms with E-state index < -0.39 is 4.92 Å². The first-order valence-corrected chi connectivity index (χ1v) is 5.81. The minimum Gasteiger partial charge on any atom is -0.324 e. The Morgan fingerprint density at radius 3 is 2.94 bits per heavy atom. The van der Waals surface area contributed by atoms with Crippen LogP contribution in [0.3, 0.4) is 0 Å². The molecule has 1 aromatic heterocycles. The molecule has 0 atom stereocenters. The summed E-state index contributed by atoms with van der Waals surface area (Å²) in [5.41, 5.74) is 0.713. The van der Waals surface area contributed by atoms with Crippen LogP contribution in [-0.2, 0) is 6.54 Å². The molecule has 0 aliphatic heterocycles. The molecule has 0 saturated heterocycles. The van der Waals surface area contributed by atoms with Gasteiger partial charge in [0.05, 0.1) is 11.5 Å². The maximum Gasteiger partial charge on any atom is 0.283 e. The maximum atomic E-state index is 10.8. The summed E-state index contributed by atoms with van der Waals surface area (Å²) in [6.07, 6.45) is 3.80. The zero-order chi connectivity index (χ0) is 13.1. The van der Waals surface area contributed by atoms with E-state index >= 15 is 0 Å². The zero-order valence-electron chi connectivity index (χ0n) is 9.12. The molecule has 2 aromatic rings. The molecule has 1 aromatic carbocycles. The quantitative estimate of drug-likeness (QED) is 0.493. The molecule has 0 radical (unpaired) electrons. The predicted molar refractivity (Wildman–Crippen MR) is 67.5 cm³/mol. The fourth-order valence-corrected chi connectivity index (χ4v) is 2.12. The van der Waals surface area contributed by atoms with Gasteiger partial charge in [-0.1, -0.05) is 12.1 Å². The lowest BCUT2D eigenvalue weighted by atomic mass is 10.2. The standard InChI is InChI=1S/C11H8BrN3O3/c12-11-8(2-1-3-9(11)15(17)18)6-14-5-4-13-10(14)7-16/h1-5,7H,6H2. The van der Waals surface area contributed by atoms with Crippen molar-refractivity contribution in [3.8, 4) is 0 Å². The average Bonchev–Trinajstić information content (AvgIpc) is 2.78. The molecule has 0 fully saturated rings. The van der Waals surface area contributed by atoms with E-state index in [4.69, 9.17) is 0 Å². The lowest BCUT2D eigenvalue weighted by Gasteiger charge is -2.07. The average molecular weight is 310 g/mol. The van der Waals surface area contributed by atoms with Crippen molar-refractivity contribution in [3.63, 3.8) is 0 Å². The van der Waals surface area contributed by atoms with Crippen LogP contribution in [0.5, 0.6) is 0 Å². The molecule has 0 N–H and O–H groups in total. The van der Waals surface area contributed by atoms with Crippen molar-refractivity contribution in [3.05, 3.63) is 56.6 Å². The molecule has 0 amide bonds. The Labute approximate surface area is 111 Å². The van der Waals surface area contributed by atoms with Crippen molar-refractivity contribution in [2.24, 2.45) is 0 Å². The number of halogens is 1. The summed E-state index contributed by atoms with van der Waals surface area (Å²) in [6, 6.07) is 4.78. The van der Waals surface area contributed by atoms with Gasteiger partial charge >= 0.3 is 0 Å². The number of imidazole rings is 1. The summed E-state index contributed by atoms with van der Waals surface area (Å²) in [7, 11) is 0. The molecule has 92 valence electrons. The Hall–Kier alpha value is -2.02. The van der Waals surface area contributed by atoms with Gasteiger partial charge in [-0.25, -0.2) is 4.98 Å². The van der Waals surface area contributed by atoms with Gasteiger partial charge in [-0.2, -0.15) is 0 Å². The van der Waals surface area contributed by atoms with Crippen molar-refractivity contribution in [1.29, 1.82) is 0 Å². The monoisotopic (exact) mass is 309 g/mol. The molecule has 2 rings (SSSR count). The van der Waals surface area contributed by atoms with Crippen LogP contribution in [0.2, 0.25) is 0 Å². The molecular formula is C11H8BrN3O3. The predicted octanol–water partition coefficient (Wildman–Crippen LogP) is 2.41. The van der Waals surface area contributed by atoms with Gasteiger partial charge in [0, 0.05) is 18.5 Å². The van der Waals surface area contributed by atoms with Crippen LogP contribution in [0.4, 0.5) is 5.69 Å². The van der Waals surface area contributed by atoms with Crippen molar-refractivity contribution in [2.75, 3.05) is 0 Å². The van der Waals surface area contributed by atoms with Crippen LogP contribution in [0.25, 0.3) is 0 Å². The molecule has 0 bridgehead atoms. The third-order valence-electron chi connectivity index (χ3n) is 2.45. The van der Waals surface area contributed by atoms with Gasteiger partial charge < -0.3 is 4.57 Å². The highest BCUT2D eigenvalue weighted by Gasteiger charge is 2.15. The summed E-state index contributed by atoms with van der Waals surface area (Å²) in [5.74, 6) is 0.286. The summed E-state index contributed by atoms with van der Waals surface area (Å²) in [4.78, 5) is 24.9. The van der Waals surface area contributed by atoms with Crippen molar-refractivity contribution in [2.45, 2.75) is 6.54 Å². The van der Waals surface area contributed by atoms with Gasteiger partial charge in [-0.15, -0.1) is 0 Å². The van der Waals surface area contributed by atoms with Crippen LogP contribution in [0.1, 0.15) is 16.2 Å². The smallest absolute Gasteiger partial charge is 0.283 e. The Kier molecular flexibility index (Phi) is 3.52. The number of nitro groups is 1. The molecule has 18 heavy (non-hydrogen) atoms. The van der Waals surface area contributed by atoms with Crippen LogP contribution >= 0.6 is 15.9 Å². The fraction of sp³-hybridized carbons (Fsp3) is 0.0909. The highest BCUT2D eigenvalue weighted by molar-refractivity contribution is 9.10. The van der Waals surface area contributed by atoms with Crippen molar-refractivity contribution < 1.29 is 9.72 Å². The van der Waals surface area contributed by atoms with Gasteiger partial charge in [-0.3, -0.25) is 14.9 Å². The first-order valence-electron chi connectivity index (χ1n) is 5.01. The van der Waals surface area contributed by atoms with Crippen LogP contribution in [-0.4, -0.2) is 20.8 Å². The largest absolute Gasteiger partial charge is 0.324 e. The molecule has 1 heterocycles. The SMILES string of the molecule is O=Cc1nccn1Cc1cccc([N+](=O)[O-])c1Br. The second-order valence-electron chi connectivity index (χ2n) is 3.54. The topological polar surface area (TPSA) is 78.0 Å². The van der Waals surface area contributed by atoms with E-state index in [2.05, 4.69) is 20.9 Å². The number of aromatic nitrogens is 2. The van der Waals surface area contributed by atoms with E-state index in [0.717, 1.165) is 0 Å². The minimum absolute atomic E-state index is 0.000248. The molecule has 0 aliphatic carbocycles. The van der Waals surface area contributed by atoms with Crippen molar-refractivity contribution >= 4 is 27.9 Å². The summed E-state index contributed by atoms with van der Waals surface area (Å²) < 4.78 is 2.04. The van der Waals surface area contributed by atoms with Gasteiger partial charge in [0.2, 0.25) is 0 Å². The summed E-state index contributed by atoms with van der Waals surface area (Å²) in [5, 5.41) is 10.8. The Bertz CT molecular complexity index is 609. The van der Waals surface area contributed by atoms with Crippen LogP contribution in [0, 0.1) is 10.1 Å². The second-order valence-corrected chi connectivity index (χ2v) is 4.33. The first-order chi connectivity index (χ1) is 8.63. The van der Waals surface area contributed by atoms with Crippen LogP contribution < -0.4 is 0 Å². The first kappa shape index (κ1) is 12.4. The van der Waals surface area contributed by atoms with E-state index in [-0.39, 0.29) is 11.5 Å². The number of rotatable bonds is 4. The normalized spacial score (nSPS) is 10.3. The minimum atomic E-state index is -0.456. The summed E-state index contributed by atoms with van der Waals surface area (Å²) in [6.45, 7) is 0.344. The number of nitro benzene ring substituents is 1. The maximum absolute atomic E-state index is 10.8. The van der Waals surface area contributed by atoms with E-state index in [1.807, 2.05) is 0 Å². The third-order valence-corrected chi connectivity index (χ3v) is 3.36. The van der Waals surface area contributed by atoms with Gasteiger partial charge in [0.25, 0.3) is 5.69 Å². The highest BCUT2D eigenvalue weighted by Crippen LogP contribution is 2.28. The second kappa shape index (κ2) is 5.09. The number of carbonyl (C=O) groups is 1. The molecule has 0 unspecified atom stereocenters. The number of hydrogen-bond acceptors (Lipinski definition) is 4. The van der Waals surface area contributed by atoms with Crippen LogP contribution in [0.15, 0.2) is 35.1 Å². The Balaban J connectivity index is 2.38. The van der Waals surface area contributed by atoms with Gasteiger partial charge in [-0.05, 0) is 21.5 Å². The number of carbonyl (C=O) groups excluding carboxylic acids is 1. The summed E-state index contributed by atoms with van der Waals surface area (Å²) >= 11 is 3.21.